The summed E-state index contributed by atoms with van der Waals surface area (Å²) in [6.07, 6.45) is 5.65. The molecule has 0 spiro atoms. The molecule has 0 atom stereocenters. The van der Waals surface area contributed by atoms with Crippen molar-refractivity contribution in [3.05, 3.63) is 60.4 Å². The zero-order chi connectivity index (χ0) is 18.1. The summed E-state index contributed by atoms with van der Waals surface area (Å²) in [5, 5.41) is 6.01. The van der Waals surface area contributed by atoms with Gasteiger partial charge < -0.3 is 20.1 Å². The number of benzene rings is 1. The lowest BCUT2D eigenvalue weighted by Crippen LogP contribution is -2.25. The average molecular weight is 341 g/mol. The third-order valence-corrected chi connectivity index (χ3v) is 3.60. The number of carbonyl (C=O) groups is 1. The Morgan fingerprint density at radius 2 is 2.00 bits per heavy atom. The van der Waals surface area contributed by atoms with Gasteiger partial charge in [0.15, 0.2) is 11.5 Å². The molecule has 0 aliphatic heterocycles. The van der Waals surface area contributed by atoms with Gasteiger partial charge in [0.25, 0.3) is 5.91 Å². The molecule has 132 valence electrons. The van der Waals surface area contributed by atoms with Crippen LogP contribution in [0.15, 0.2) is 49.3 Å². The van der Waals surface area contributed by atoms with Gasteiger partial charge in [0.2, 0.25) is 0 Å². The summed E-state index contributed by atoms with van der Waals surface area (Å²) in [5.74, 6) is 1.21. The first-order valence-electron chi connectivity index (χ1n) is 7.97. The highest BCUT2D eigenvalue weighted by Gasteiger charge is 2.08. The van der Waals surface area contributed by atoms with Gasteiger partial charge in [0.05, 0.1) is 25.5 Å². The first-order chi connectivity index (χ1) is 12.2. The third kappa shape index (κ3) is 5.24. The molecule has 1 aromatic heterocycles. The minimum absolute atomic E-state index is 0.157. The van der Waals surface area contributed by atoms with Gasteiger partial charge in [-0.15, -0.1) is 6.58 Å². The number of anilines is 1. The molecular weight excluding hydrogens is 318 g/mol. The molecule has 0 bridgehead atoms. The highest BCUT2D eigenvalue weighted by Crippen LogP contribution is 2.27. The van der Waals surface area contributed by atoms with Crippen LogP contribution in [0.5, 0.6) is 11.5 Å². The highest BCUT2D eigenvalue weighted by atomic mass is 16.5. The number of nitrogens with one attached hydrogen (secondary N) is 2. The molecule has 2 rings (SSSR count). The molecule has 0 saturated carbocycles. The molecule has 25 heavy (non-hydrogen) atoms. The molecule has 0 aliphatic rings. The van der Waals surface area contributed by atoms with Gasteiger partial charge in [-0.1, -0.05) is 12.1 Å². The quantitative estimate of drug-likeness (QED) is 0.686. The van der Waals surface area contributed by atoms with Crippen LogP contribution in [0.3, 0.4) is 0 Å². The summed E-state index contributed by atoms with van der Waals surface area (Å²) in [7, 11) is 3.20. The Morgan fingerprint density at radius 1 is 1.20 bits per heavy atom. The van der Waals surface area contributed by atoms with Gasteiger partial charge in [-0.3, -0.25) is 9.78 Å². The Hall–Kier alpha value is -3.02. The van der Waals surface area contributed by atoms with Crippen molar-refractivity contribution in [2.75, 3.05) is 32.6 Å². The van der Waals surface area contributed by atoms with E-state index < -0.39 is 0 Å². The van der Waals surface area contributed by atoms with E-state index in [1.54, 1.807) is 38.8 Å². The fourth-order valence-corrected chi connectivity index (χ4v) is 2.31. The number of hydrogen-bond acceptors (Lipinski definition) is 5. The Balaban J connectivity index is 1.91. The topological polar surface area (TPSA) is 72.5 Å². The molecule has 6 nitrogen and oxygen atoms in total. The maximum Gasteiger partial charge on any atom is 0.252 e. The van der Waals surface area contributed by atoms with Crippen molar-refractivity contribution in [1.29, 1.82) is 0 Å². The standard InChI is InChI=1S/C19H23N3O3/c1-4-8-21-16-11-15(12-20-13-16)19(23)22-9-7-14-5-6-17(24-2)18(10-14)25-3/h4-6,10-13,21H,1,7-9H2,2-3H3,(H,22,23). The largest absolute Gasteiger partial charge is 0.493 e. The Labute approximate surface area is 147 Å². The molecule has 0 unspecified atom stereocenters. The maximum atomic E-state index is 12.2. The number of ether oxygens (including phenoxy) is 2. The lowest BCUT2D eigenvalue weighted by molar-refractivity contribution is 0.0954. The van der Waals surface area contributed by atoms with Crippen molar-refractivity contribution in [3.8, 4) is 11.5 Å². The number of pyridine rings is 1. The smallest absolute Gasteiger partial charge is 0.252 e. The summed E-state index contributed by atoms with van der Waals surface area (Å²) in [6.45, 7) is 4.78. The third-order valence-electron chi connectivity index (χ3n) is 3.60. The van der Waals surface area contributed by atoms with Gasteiger partial charge in [0, 0.05) is 25.5 Å². The Bertz CT molecular complexity index is 732. The number of carbonyl (C=O) groups excluding carboxylic acids is 1. The van der Waals surface area contributed by atoms with Crippen LogP contribution >= 0.6 is 0 Å². The van der Waals surface area contributed by atoms with Crippen molar-refractivity contribution >= 4 is 11.6 Å². The van der Waals surface area contributed by atoms with Crippen molar-refractivity contribution in [2.24, 2.45) is 0 Å². The number of amides is 1. The van der Waals surface area contributed by atoms with E-state index in [1.807, 2.05) is 18.2 Å². The second-order valence-corrected chi connectivity index (χ2v) is 5.33. The van der Waals surface area contributed by atoms with Gasteiger partial charge in [-0.05, 0) is 30.2 Å². The van der Waals surface area contributed by atoms with Gasteiger partial charge >= 0.3 is 0 Å². The molecule has 2 aromatic rings. The van der Waals surface area contributed by atoms with Crippen LogP contribution in [-0.2, 0) is 6.42 Å². The zero-order valence-electron chi connectivity index (χ0n) is 14.5. The maximum absolute atomic E-state index is 12.2. The lowest BCUT2D eigenvalue weighted by Gasteiger charge is -2.10. The predicted molar refractivity (Wildman–Crippen MR) is 98.5 cm³/mol. The zero-order valence-corrected chi connectivity index (χ0v) is 14.5. The first-order valence-corrected chi connectivity index (χ1v) is 7.97. The second-order valence-electron chi connectivity index (χ2n) is 5.33. The van der Waals surface area contributed by atoms with Crippen molar-refractivity contribution < 1.29 is 14.3 Å². The fraction of sp³-hybridized carbons (Fsp3) is 0.263. The summed E-state index contributed by atoms with van der Waals surface area (Å²) in [5.41, 5.74) is 2.35. The molecule has 1 heterocycles. The number of hydrogen-bond donors (Lipinski definition) is 2. The van der Waals surface area contributed by atoms with E-state index >= 15 is 0 Å². The van der Waals surface area contributed by atoms with Gasteiger partial charge in [-0.25, -0.2) is 0 Å². The molecule has 2 N–H and O–H groups in total. The van der Waals surface area contributed by atoms with Crippen LogP contribution in [-0.4, -0.2) is 38.2 Å². The molecule has 0 fully saturated rings. The van der Waals surface area contributed by atoms with E-state index in [0.29, 0.717) is 36.6 Å². The van der Waals surface area contributed by atoms with Gasteiger partial charge in [-0.2, -0.15) is 0 Å². The van der Waals surface area contributed by atoms with E-state index in [1.165, 1.54) is 0 Å². The van der Waals surface area contributed by atoms with E-state index in [0.717, 1.165) is 11.3 Å². The normalized spacial score (nSPS) is 10.0. The number of rotatable bonds is 9. The fourth-order valence-electron chi connectivity index (χ4n) is 2.31. The first kappa shape index (κ1) is 18.3. The molecular formula is C19H23N3O3. The lowest BCUT2D eigenvalue weighted by atomic mass is 10.1. The molecule has 0 aliphatic carbocycles. The Kier molecular flexibility index (Phi) is 6.83. The average Bonchev–Trinajstić information content (AvgIpc) is 2.66. The summed E-state index contributed by atoms with van der Waals surface area (Å²) in [6, 6.07) is 7.48. The molecule has 0 saturated heterocycles. The predicted octanol–water partition coefficient (Wildman–Crippen LogP) is 2.67. The van der Waals surface area contributed by atoms with Crippen LogP contribution < -0.4 is 20.1 Å². The molecule has 6 heteroatoms. The van der Waals surface area contributed by atoms with E-state index in [4.69, 9.17) is 9.47 Å². The van der Waals surface area contributed by atoms with Crippen molar-refractivity contribution in [1.82, 2.24) is 10.3 Å². The van der Waals surface area contributed by atoms with Crippen LogP contribution in [0.2, 0.25) is 0 Å². The van der Waals surface area contributed by atoms with Crippen molar-refractivity contribution in [3.63, 3.8) is 0 Å². The molecule has 1 aromatic carbocycles. The molecule has 0 radical (unpaired) electrons. The minimum atomic E-state index is -0.157. The number of methoxy groups -OCH3 is 2. The van der Waals surface area contributed by atoms with Gasteiger partial charge in [0.1, 0.15) is 0 Å². The summed E-state index contributed by atoms with van der Waals surface area (Å²) >= 11 is 0. The van der Waals surface area contributed by atoms with Crippen LogP contribution in [0, 0.1) is 0 Å². The van der Waals surface area contributed by atoms with E-state index in [2.05, 4.69) is 22.2 Å². The Morgan fingerprint density at radius 3 is 2.72 bits per heavy atom. The van der Waals surface area contributed by atoms with Crippen LogP contribution in [0.25, 0.3) is 0 Å². The van der Waals surface area contributed by atoms with Crippen LogP contribution in [0.1, 0.15) is 15.9 Å². The minimum Gasteiger partial charge on any atom is -0.493 e. The SMILES string of the molecule is C=CCNc1cncc(C(=O)NCCc2ccc(OC)c(OC)c2)c1. The number of nitrogens with zero attached hydrogens (tertiary/aromatic N) is 1. The van der Waals surface area contributed by atoms with Crippen LogP contribution in [0.4, 0.5) is 5.69 Å². The summed E-state index contributed by atoms with van der Waals surface area (Å²) in [4.78, 5) is 16.3. The molecule has 1 amide bonds. The van der Waals surface area contributed by atoms with Crippen molar-refractivity contribution in [2.45, 2.75) is 6.42 Å². The number of aromatic nitrogens is 1. The highest BCUT2D eigenvalue weighted by molar-refractivity contribution is 5.94. The second kappa shape index (κ2) is 9.32. The van der Waals surface area contributed by atoms with E-state index in [9.17, 15) is 4.79 Å². The van der Waals surface area contributed by atoms with E-state index in [-0.39, 0.29) is 5.91 Å². The summed E-state index contributed by atoms with van der Waals surface area (Å²) < 4.78 is 10.5. The monoisotopic (exact) mass is 341 g/mol.